The lowest BCUT2D eigenvalue weighted by Crippen LogP contribution is -2.40. The third-order valence-corrected chi connectivity index (χ3v) is 4.12. The van der Waals surface area contributed by atoms with Crippen molar-refractivity contribution in [1.29, 1.82) is 0 Å². The van der Waals surface area contributed by atoms with E-state index in [9.17, 15) is 22.8 Å². The predicted octanol–water partition coefficient (Wildman–Crippen LogP) is 3.55. The van der Waals surface area contributed by atoms with Crippen LogP contribution in [-0.4, -0.2) is 23.2 Å². The van der Waals surface area contributed by atoms with Gasteiger partial charge in [0.2, 0.25) is 0 Å². The van der Waals surface area contributed by atoms with Crippen LogP contribution in [0.25, 0.3) is 0 Å². The lowest BCUT2D eigenvalue weighted by atomic mass is 9.92. The Kier molecular flexibility index (Phi) is 4.35. The van der Waals surface area contributed by atoms with E-state index < -0.39 is 29.6 Å². The molecule has 1 fully saturated rings. The second-order valence-electron chi connectivity index (χ2n) is 6.00. The summed E-state index contributed by atoms with van der Waals surface area (Å²) in [7, 11) is 0. The van der Waals surface area contributed by atoms with E-state index in [2.05, 4.69) is 10.1 Å². The van der Waals surface area contributed by atoms with Crippen molar-refractivity contribution in [2.75, 3.05) is 0 Å². The maximum atomic E-state index is 12.8. The van der Waals surface area contributed by atoms with Crippen molar-refractivity contribution in [2.45, 2.75) is 25.4 Å². The zero-order valence-corrected chi connectivity index (χ0v) is 13.7. The molecule has 1 heterocycles. The quantitative estimate of drug-likeness (QED) is 0.844. The molecule has 1 N–H and O–H groups in total. The molecule has 1 aliphatic rings. The van der Waals surface area contributed by atoms with Gasteiger partial charge in [-0.15, -0.1) is 13.2 Å². The van der Waals surface area contributed by atoms with Crippen molar-refractivity contribution < 1.29 is 27.5 Å². The predicted molar refractivity (Wildman–Crippen MR) is 86.0 cm³/mol. The Labute approximate surface area is 147 Å². The minimum absolute atomic E-state index is 0.108. The molecular weight excluding hydrogens is 349 g/mol. The van der Waals surface area contributed by atoms with E-state index in [0.29, 0.717) is 5.56 Å². The molecule has 1 unspecified atom stereocenters. The first kappa shape index (κ1) is 17.8. The fourth-order valence-corrected chi connectivity index (χ4v) is 2.79. The Hall–Kier alpha value is -3.03. The van der Waals surface area contributed by atoms with E-state index >= 15 is 0 Å². The maximum absolute atomic E-state index is 12.8. The summed E-state index contributed by atoms with van der Waals surface area (Å²) in [6, 6.07) is 13.3. The van der Waals surface area contributed by atoms with Gasteiger partial charge in [0.25, 0.3) is 5.91 Å². The van der Waals surface area contributed by atoms with Gasteiger partial charge in [0.15, 0.2) is 0 Å². The van der Waals surface area contributed by atoms with E-state index in [1.165, 1.54) is 19.1 Å². The van der Waals surface area contributed by atoms with Crippen LogP contribution in [0, 0.1) is 0 Å². The Morgan fingerprint density at radius 3 is 2.23 bits per heavy atom. The summed E-state index contributed by atoms with van der Waals surface area (Å²) in [6.45, 7) is 1.62. The number of halogens is 3. The number of benzene rings is 2. The molecule has 136 valence electrons. The smallest absolute Gasteiger partial charge is 0.406 e. The summed E-state index contributed by atoms with van der Waals surface area (Å²) < 4.78 is 40.6. The van der Waals surface area contributed by atoms with E-state index in [4.69, 9.17) is 0 Å². The molecule has 3 amide bonds. The maximum Gasteiger partial charge on any atom is 0.573 e. The van der Waals surface area contributed by atoms with Crippen LogP contribution in [0.4, 0.5) is 18.0 Å². The molecule has 26 heavy (non-hydrogen) atoms. The van der Waals surface area contributed by atoms with Crippen molar-refractivity contribution in [3.05, 3.63) is 65.7 Å². The van der Waals surface area contributed by atoms with Crippen molar-refractivity contribution >= 4 is 11.9 Å². The molecule has 5 nitrogen and oxygen atoms in total. The Morgan fingerprint density at radius 1 is 1.04 bits per heavy atom. The number of hydrogen-bond donors (Lipinski definition) is 1. The average Bonchev–Trinajstić information content (AvgIpc) is 2.79. The summed E-state index contributed by atoms with van der Waals surface area (Å²) in [4.78, 5) is 26.1. The van der Waals surface area contributed by atoms with Crippen LogP contribution >= 0.6 is 0 Å². The Balaban J connectivity index is 1.81. The first-order valence-corrected chi connectivity index (χ1v) is 7.73. The zero-order chi connectivity index (χ0) is 18.9. The number of imide groups is 1. The molecule has 0 bridgehead atoms. The topological polar surface area (TPSA) is 58.6 Å². The Bertz CT molecular complexity index is 822. The van der Waals surface area contributed by atoms with Crippen LogP contribution in [0.5, 0.6) is 5.75 Å². The number of rotatable bonds is 4. The van der Waals surface area contributed by atoms with Crippen molar-refractivity contribution in [3.63, 3.8) is 0 Å². The highest BCUT2D eigenvalue weighted by atomic mass is 19.4. The van der Waals surface area contributed by atoms with Gasteiger partial charge in [0.1, 0.15) is 11.3 Å². The lowest BCUT2D eigenvalue weighted by molar-refractivity contribution is -0.274. The van der Waals surface area contributed by atoms with E-state index in [0.717, 1.165) is 22.6 Å². The van der Waals surface area contributed by atoms with Crippen molar-refractivity contribution in [3.8, 4) is 5.75 Å². The first-order valence-electron chi connectivity index (χ1n) is 7.73. The van der Waals surface area contributed by atoms with Gasteiger partial charge in [-0.05, 0) is 30.2 Å². The Morgan fingerprint density at radius 2 is 1.65 bits per heavy atom. The molecule has 0 saturated carbocycles. The molecule has 1 atom stereocenters. The molecular formula is C18H15F3N2O3. The van der Waals surface area contributed by atoms with Gasteiger partial charge in [-0.25, -0.2) is 4.79 Å². The van der Waals surface area contributed by atoms with Crippen LogP contribution in [0.15, 0.2) is 54.6 Å². The molecule has 0 aliphatic carbocycles. The molecule has 0 spiro atoms. The number of carbonyl (C=O) groups is 2. The van der Waals surface area contributed by atoms with E-state index in [1.807, 2.05) is 6.07 Å². The summed E-state index contributed by atoms with van der Waals surface area (Å²) in [5.41, 5.74) is -0.210. The van der Waals surface area contributed by atoms with Crippen molar-refractivity contribution in [1.82, 2.24) is 10.2 Å². The minimum Gasteiger partial charge on any atom is -0.406 e. The fourth-order valence-electron chi connectivity index (χ4n) is 2.79. The molecule has 0 radical (unpaired) electrons. The van der Waals surface area contributed by atoms with Crippen molar-refractivity contribution in [2.24, 2.45) is 0 Å². The normalized spacial score (nSPS) is 20.2. The number of nitrogens with zero attached hydrogens (tertiary/aromatic N) is 1. The lowest BCUT2D eigenvalue weighted by Gasteiger charge is -2.22. The zero-order valence-electron chi connectivity index (χ0n) is 13.7. The van der Waals surface area contributed by atoms with Crippen LogP contribution in [0.2, 0.25) is 0 Å². The number of carbonyl (C=O) groups excluding carboxylic acids is 2. The molecule has 8 heteroatoms. The summed E-state index contributed by atoms with van der Waals surface area (Å²) in [5, 5.41) is 2.61. The SMILES string of the molecule is CC1(c2ccc(OC(F)(F)F)cc2)NC(=O)N(Cc2ccccc2)C1=O. The summed E-state index contributed by atoms with van der Waals surface area (Å²) in [6.07, 6.45) is -4.80. The largest absolute Gasteiger partial charge is 0.573 e. The molecule has 2 aromatic carbocycles. The van der Waals surface area contributed by atoms with Gasteiger partial charge < -0.3 is 10.1 Å². The van der Waals surface area contributed by atoms with E-state index in [-0.39, 0.29) is 6.54 Å². The van der Waals surface area contributed by atoms with Gasteiger partial charge >= 0.3 is 12.4 Å². The van der Waals surface area contributed by atoms with Crippen LogP contribution in [0.3, 0.4) is 0 Å². The van der Waals surface area contributed by atoms with Gasteiger partial charge in [0, 0.05) is 0 Å². The van der Waals surface area contributed by atoms with Crippen LogP contribution < -0.4 is 10.1 Å². The highest BCUT2D eigenvalue weighted by Gasteiger charge is 2.48. The number of hydrogen-bond acceptors (Lipinski definition) is 3. The molecule has 3 rings (SSSR count). The molecule has 1 saturated heterocycles. The number of alkyl halides is 3. The molecule has 0 aromatic heterocycles. The third-order valence-electron chi connectivity index (χ3n) is 4.12. The third kappa shape index (κ3) is 3.49. The van der Waals surface area contributed by atoms with Crippen LogP contribution in [0.1, 0.15) is 18.1 Å². The van der Waals surface area contributed by atoms with Gasteiger partial charge in [-0.2, -0.15) is 0 Å². The van der Waals surface area contributed by atoms with Gasteiger partial charge in [-0.3, -0.25) is 9.69 Å². The summed E-state index contributed by atoms with van der Waals surface area (Å²) in [5.74, 6) is -0.876. The summed E-state index contributed by atoms with van der Waals surface area (Å²) >= 11 is 0. The monoisotopic (exact) mass is 364 g/mol. The van der Waals surface area contributed by atoms with Gasteiger partial charge in [-0.1, -0.05) is 42.5 Å². The highest BCUT2D eigenvalue weighted by molar-refractivity contribution is 6.07. The first-order chi connectivity index (χ1) is 12.2. The highest BCUT2D eigenvalue weighted by Crippen LogP contribution is 2.32. The fraction of sp³-hybridized carbons (Fsp3) is 0.222. The molecule has 1 aliphatic heterocycles. The van der Waals surface area contributed by atoms with Crippen LogP contribution in [-0.2, 0) is 16.9 Å². The second-order valence-corrected chi connectivity index (χ2v) is 6.00. The number of urea groups is 1. The van der Waals surface area contributed by atoms with E-state index in [1.54, 1.807) is 24.3 Å². The standard InChI is InChI=1S/C18H15F3N2O3/c1-17(13-7-9-14(10-8-13)26-18(19,20)21)15(24)23(16(25)22-17)11-12-5-3-2-4-6-12/h2-10H,11H2,1H3,(H,22,25). The molecule has 2 aromatic rings. The second kappa shape index (κ2) is 6.36. The minimum atomic E-state index is -4.80. The van der Waals surface area contributed by atoms with Gasteiger partial charge in [0.05, 0.1) is 6.54 Å². The number of nitrogens with one attached hydrogen (secondary N) is 1. The number of amides is 3. The number of ether oxygens (including phenoxy) is 1. The average molecular weight is 364 g/mol.